The van der Waals surface area contributed by atoms with Crippen LogP contribution in [-0.2, 0) is 11.2 Å². The second kappa shape index (κ2) is 5.62. The fourth-order valence-electron chi connectivity index (χ4n) is 2.83. The lowest BCUT2D eigenvalue weighted by Crippen LogP contribution is -2.28. The van der Waals surface area contributed by atoms with Gasteiger partial charge in [0.2, 0.25) is 4.96 Å². The first kappa shape index (κ1) is 14.9. The fourth-order valence-corrected chi connectivity index (χ4v) is 3.76. The van der Waals surface area contributed by atoms with Gasteiger partial charge in [-0.05, 0) is 18.3 Å². The quantitative estimate of drug-likeness (QED) is 0.934. The highest BCUT2D eigenvalue weighted by Crippen LogP contribution is 2.27. The summed E-state index contributed by atoms with van der Waals surface area (Å²) in [7, 11) is 0. The smallest absolute Gasteiger partial charge is 0.234 e. The van der Waals surface area contributed by atoms with Gasteiger partial charge in [-0.15, -0.1) is 10.2 Å². The van der Waals surface area contributed by atoms with Crippen molar-refractivity contribution in [3.8, 4) is 0 Å². The summed E-state index contributed by atoms with van der Waals surface area (Å²) in [6, 6.07) is 0.132. The van der Waals surface area contributed by atoms with Gasteiger partial charge in [0.25, 0.3) is 0 Å². The minimum Gasteiger partial charge on any atom is -0.381 e. The molecular formula is C14H23N5OS. The molecule has 0 amide bonds. The van der Waals surface area contributed by atoms with Crippen molar-refractivity contribution in [2.75, 3.05) is 13.2 Å². The molecule has 0 spiro atoms. The number of hydrogen-bond donors (Lipinski definition) is 1. The minimum atomic E-state index is 0.132. The van der Waals surface area contributed by atoms with Crippen LogP contribution in [-0.4, -0.2) is 39.1 Å². The van der Waals surface area contributed by atoms with Crippen LogP contribution in [0.1, 0.15) is 50.4 Å². The number of aromatic nitrogens is 4. The highest BCUT2D eigenvalue weighted by molar-refractivity contribution is 7.16. The summed E-state index contributed by atoms with van der Waals surface area (Å²) in [5.74, 6) is 1.24. The van der Waals surface area contributed by atoms with E-state index in [1.807, 2.05) is 4.52 Å². The second-order valence-corrected chi connectivity index (χ2v) is 8.08. The van der Waals surface area contributed by atoms with E-state index in [-0.39, 0.29) is 11.5 Å². The van der Waals surface area contributed by atoms with Gasteiger partial charge in [0.05, 0.1) is 6.61 Å². The lowest BCUT2D eigenvalue weighted by atomic mass is 9.87. The molecule has 0 aliphatic carbocycles. The molecule has 2 aromatic heterocycles. The van der Waals surface area contributed by atoms with E-state index in [0.717, 1.165) is 48.3 Å². The first-order valence-electron chi connectivity index (χ1n) is 7.47. The van der Waals surface area contributed by atoms with Crippen molar-refractivity contribution in [2.45, 2.75) is 52.0 Å². The molecule has 2 unspecified atom stereocenters. The molecule has 116 valence electrons. The zero-order valence-corrected chi connectivity index (χ0v) is 13.7. The molecular weight excluding hydrogens is 286 g/mol. The average Bonchev–Trinajstić information content (AvgIpc) is 2.99. The molecule has 3 heterocycles. The third kappa shape index (κ3) is 3.41. The molecule has 1 saturated heterocycles. The SMILES string of the molecule is CC(C)(C)CC(N)Cc1nn2c(C3CCOC3)nnc2s1. The molecule has 1 fully saturated rings. The largest absolute Gasteiger partial charge is 0.381 e. The normalized spacial score (nSPS) is 21.2. The van der Waals surface area contributed by atoms with Crippen LogP contribution in [0.4, 0.5) is 0 Å². The Balaban J connectivity index is 1.75. The Hall–Kier alpha value is -1.05. The van der Waals surface area contributed by atoms with E-state index in [0.29, 0.717) is 5.92 Å². The van der Waals surface area contributed by atoms with Gasteiger partial charge >= 0.3 is 0 Å². The Morgan fingerprint density at radius 3 is 2.90 bits per heavy atom. The summed E-state index contributed by atoms with van der Waals surface area (Å²) in [4.78, 5) is 0.856. The average molecular weight is 309 g/mol. The first-order valence-corrected chi connectivity index (χ1v) is 8.28. The van der Waals surface area contributed by atoms with Gasteiger partial charge in [0.15, 0.2) is 5.82 Å². The van der Waals surface area contributed by atoms with Crippen LogP contribution in [0.15, 0.2) is 0 Å². The first-order chi connectivity index (χ1) is 9.92. The lowest BCUT2D eigenvalue weighted by molar-refractivity contribution is 0.193. The molecule has 1 aliphatic rings. The van der Waals surface area contributed by atoms with Gasteiger partial charge in [-0.1, -0.05) is 32.1 Å². The van der Waals surface area contributed by atoms with E-state index in [2.05, 4.69) is 36.1 Å². The third-order valence-electron chi connectivity index (χ3n) is 3.66. The Bertz CT molecular complexity index is 608. The molecule has 7 heteroatoms. The summed E-state index contributed by atoms with van der Waals surface area (Å²) in [5.41, 5.74) is 6.48. The molecule has 0 saturated carbocycles. The van der Waals surface area contributed by atoms with Crippen LogP contribution in [0.25, 0.3) is 4.96 Å². The minimum absolute atomic E-state index is 0.132. The van der Waals surface area contributed by atoms with E-state index in [1.54, 1.807) is 11.3 Å². The molecule has 3 rings (SSSR count). The van der Waals surface area contributed by atoms with E-state index in [9.17, 15) is 0 Å². The lowest BCUT2D eigenvalue weighted by Gasteiger charge is -2.22. The number of fused-ring (bicyclic) bond motifs is 1. The van der Waals surface area contributed by atoms with Crippen LogP contribution >= 0.6 is 11.3 Å². The van der Waals surface area contributed by atoms with Crippen molar-refractivity contribution >= 4 is 16.3 Å². The molecule has 0 bridgehead atoms. The molecule has 6 nitrogen and oxygen atoms in total. The number of hydrogen-bond acceptors (Lipinski definition) is 6. The number of rotatable bonds is 4. The molecule has 1 aliphatic heterocycles. The second-order valence-electron chi connectivity index (χ2n) is 7.04. The molecule has 0 aromatic carbocycles. The van der Waals surface area contributed by atoms with Gasteiger partial charge in [0.1, 0.15) is 5.01 Å². The molecule has 21 heavy (non-hydrogen) atoms. The number of nitrogens with zero attached hydrogens (tertiary/aromatic N) is 4. The van der Waals surface area contributed by atoms with Crippen LogP contribution < -0.4 is 5.73 Å². The van der Waals surface area contributed by atoms with Gasteiger partial charge < -0.3 is 10.5 Å². The third-order valence-corrected chi connectivity index (χ3v) is 4.58. The van der Waals surface area contributed by atoms with Crippen molar-refractivity contribution < 1.29 is 4.74 Å². The van der Waals surface area contributed by atoms with Crippen molar-refractivity contribution in [2.24, 2.45) is 11.1 Å². The van der Waals surface area contributed by atoms with Gasteiger partial charge in [-0.25, -0.2) is 0 Å². The van der Waals surface area contributed by atoms with E-state index >= 15 is 0 Å². The summed E-state index contributed by atoms with van der Waals surface area (Å²) in [5, 5.41) is 14.2. The molecule has 2 N–H and O–H groups in total. The predicted octanol–water partition coefficient (Wildman–Crippen LogP) is 2.00. The van der Waals surface area contributed by atoms with E-state index < -0.39 is 0 Å². The van der Waals surface area contributed by atoms with Crippen LogP contribution in [0, 0.1) is 5.41 Å². The Kier molecular flexibility index (Phi) is 3.98. The number of nitrogens with two attached hydrogens (primary N) is 1. The van der Waals surface area contributed by atoms with Gasteiger partial charge in [-0.3, -0.25) is 0 Å². The molecule has 0 radical (unpaired) electrons. The topological polar surface area (TPSA) is 78.3 Å². The van der Waals surface area contributed by atoms with E-state index in [1.165, 1.54) is 0 Å². The van der Waals surface area contributed by atoms with Crippen molar-refractivity contribution in [3.63, 3.8) is 0 Å². The molecule has 2 atom stereocenters. The van der Waals surface area contributed by atoms with Gasteiger partial charge in [-0.2, -0.15) is 9.61 Å². The molecule has 2 aromatic rings. The summed E-state index contributed by atoms with van der Waals surface area (Å²) >= 11 is 1.59. The zero-order chi connectivity index (χ0) is 15.0. The van der Waals surface area contributed by atoms with Crippen LogP contribution in [0.3, 0.4) is 0 Å². The Labute approximate surface area is 128 Å². The monoisotopic (exact) mass is 309 g/mol. The van der Waals surface area contributed by atoms with Crippen LogP contribution in [0.5, 0.6) is 0 Å². The van der Waals surface area contributed by atoms with Gasteiger partial charge in [0, 0.05) is 25.0 Å². The van der Waals surface area contributed by atoms with Crippen molar-refractivity contribution in [1.29, 1.82) is 0 Å². The fraction of sp³-hybridized carbons (Fsp3) is 0.786. The maximum atomic E-state index is 6.24. The summed E-state index contributed by atoms with van der Waals surface area (Å²) < 4.78 is 7.31. The Morgan fingerprint density at radius 1 is 1.43 bits per heavy atom. The van der Waals surface area contributed by atoms with E-state index in [4.69, 9.17) is 10.5 Å². The maximum Gasteiger partial charge on any atom is 0.234 e. The van der Waals surface area contributed by atoms with Crippen molar-refractivity contribution in [1.82, 2.24) is 19.8 Å². The predicted molar refractivity (Wildman–Crippen MR) is 82.6 cm³/mol. The number of ether oxygens (including phenoxy) is 1. The Morgan fingerprint density at radius 2 is 2.24 bits per heavy atom. The zero-order valence-electron chi connectivity index (χ0n) is 12.9. The summed E-state index contributed by atoms with van der Waals surface area (Å²) in [6.07, 6.45) is 2.78. The standard InChI is InChI=1S/C14H23N5OS/c1-14(2,3)7-10(15)6-11-18-19-12(9-4-5-20-8-9)16-17-13(19)21-11/h9-10H,4-8,15H2,1-3H3. The van der Waals surface area contributed by atoms with Crippen molar-refractivity contribution in [3.05, 3.63) is 10.8 Å². The highest BCUT2D eigenvalue weighted by Gasteiger charge is 2.25. The maximum absolute atomic E-state index is 6.24. The highest BCUT2D eigenvalue weighted by atomic mass is 32.1. The van der Waals surface area contributed by atoms with Crippen LogP contribution in [0.2, 0.25) is 0 Å². The summed E-state index contributed by atoms with van der Waals surface area (Å²) in [6.45, 7) is 8.15.